The zero-order valence-electron chi connectivity index (χ0n) is 14.0. The minimum absolute atomic E-state index is 0.270. The van der Waals surface area contributed by atoms with Crippen molar-refractivity contribution in [3.63, 3.8) is 0 Å². The highest BCUT2D eigenvalue weighted by Crippen LogP contribution is 2.31. The Morgan fingerprint density at radius 3 is 3.04 bits per heavy atom. The highest BCUT2D eigenvalue weighted by molar-refractivity contribution is 7.89. The second-order valence-corrected chi connectivity index (χ2v) is 8.02. The van der Waals surface area contributed by atoms with E-state index in [1.165, 1.54) is 0 Å². The number of benzene rings is 1. The Morgan fingerprint density at radius 2 is 2.24 bits per heavy atom. The van der Waals surface area contributed by atoms with Crippen LogP contribution in [-0.2, 0) is 27.7 Å². The van der Waals surface area contributed by atoms with Gasteiger partial charge in [-0.15, -0.1) is 0 Å². The molecule has 25 heavy (non-hydrogen) atoms. The smallest absolute Gasteiger partial charge is 0.240 e. The van der Waals surface area contributed by atoms with Crippen molar-refractivity contribution in [2.75, 3.05) is 13.2 Å². The monoisotopic (exact) mass is 363 g/mol. The Labute approximate surface area is 147 Å². The molecule has 0 unspecified atom stereocenters. The van der Waals surface area contributed by atoms with Gasteiger partial charge in [0.1, 0.15) is 11.9 Å². The lowest BCUT2D eigenvalue weighted by atomic mass is 10.1. The van der Waals surface area contributed by atoms with Crippen molar-refractivity contribution in [1.82, 2.24) is 14.5 Å². The fraction of sp³-hybridized carbons (Fsp3) is 0.471. The zero-order valence-corrected chi connectivity index (χ0v) is 14.8. The first-order valence-electron chi connectivity index (χ1n) is 8.49. The highest BCUT2D eigenvalue weighted by Gasteiger charge is 2.34. The number of fused-ring (bicyclic) bond motifs is 1. The number of nitrogens with one attached hydrogen (secondary N) is 1. The summed E-state index contributed by atoms with van der Waals surface area (Å²) in [5.74, 6) is 0.771. The molecule has 2 aliphatic heterocycles. The predicted octanol–water partition coefficient (Wildman–Crippen LogP) is 1.65. The van der Waals surface area contributed by atoms with Crippen molar-refractivity contribution in [2.24, 2.45) is 0 Å². The van der Waals surface area contributed by atoms with Crippen molar-refractivity contribution < 1.29 is 17.9 Å². The van der Waals surface area contributed by atoms with Gasteiger partial charge in [0.25, 0.3) is 0 Å². The van der Waals surface area contributed by atoms with E-state index < -0.39 is 10.0 Å². The summed E-state index contributed by atoms with van der Waals surface area (Å²) in [5, 5.41) is 4.25. The number of rotatable bonds is 5. The van der Waals surface area contributed by atoms with E-state index in [0.717, 1.165) is 29.8 Å². The van der Waals surface area contributed by atoms with E-state index in [0.29, 0.717) is 19.6 Å². The molecule has 1 fully saturated rings. The Hall–Kier alpha value is -1.90. The molecule has 7 nitrogen and oxygen atoms in total. The van der Waals surface area contributed by atoms with Gasteiger partial charge in [-0.1, -0.05) is 0 Å². The largest absolute Gasteiger partial charge is 0.493 e. The van der Waals surface area contributed by atoms with Crippen LogP contribution < -0.4 is 9.46 Å². The molecule has 2 aromatic rings. The molecule has 0 radical (unpaired) electrons. The fourth-order valence-electron chi connectivity index (χ4n) is 3.34. The normalized spacial score (nSPS) is 22.8. The second kappa shape index (κ2) is 6.44. The SMILES string of the molecule is CCn1cc([C@H]2OCC[C@@H]2NS(=O)(=O)c2ccc3c(c2)CCO3)cn1. The number of hydrogen-bond donors (Lipinski definition) is 1. The molecule has 2 atom stereocenters. The topological polar surface area (TPSA) is 82.5 Å². The third-order valence-electron chi connectivity index (χ3n) is 4.68. The van der Waals surface area contributed by atoms with Crippen LogP contribution in [-0.4, -0.2) is 37.5 Å². The summed E-state index contributed by atoms with van der Waals surface area (Å²) in [6.07, 6.45) is 4.71. The molecule has 134 valence electrons. The van der Waals surface area contributed by atoms with Crippen LogP contribution in [0.3, 0.4) is 0 Å². The molecular weight excluding hydrogens is 342 g/mol. The maximum Gasteiger partial charge on any atom is 0.240 e. The highest BCUT2D eigenvalue weighted by atomic mass is 32.2. The number of ether oxygens (including phenoxy) is 2. The summed E-state index contributed by atoms with van der Waals surface area (Å²) in [7, 11) is -3.62. The van der Waals surface area contributed by atoms with Crippen molar-refractivity contribution in [2.45, 2.75) is 43.4 Å². The average Bonchev–Trinajstić information content (AvgIpc) is 3.33. The molecule has 0 spiro atoms. The Morgan fingerprint density at radius 1 is 1.36 bits per heavy atom. The first-order chi connectivity index (χ1) is 12.1. The predicted molar refractivity (Wildman–Crippen MR) is 91.0 cm³/mol. The van der Waals surface area contributed by atoms with Crippen LogP contribution in [0.25, 0.3) is 0 Å². The molecule has 8 heteroatoms. The molecule has 0 saturated carbocycles. The van der Waals surface area contributed by atoms with Crippen LogP contribution in [0.2, 0.25) is 0 Å². The summed E-state index contributed by atoms with van der Waals surface area (Å²) >= 11 is 0. The maximum absolute atomic E-state index is 12.8. The van der Waals surface area contributed by atoms with Crippen molar-refractivity contribution in [3.8, 4) is 5.75 Å². The first kappa shape index (κ1) is 16.6. The van der Waals surface area contributed by atoms with E-state index in [1.807, 2.05) is 17.8 Å². The quantitative estimate of drug-likeness (QED) is 0.873. The number of hydrogen-bond acceptors (Lipinski definition) is 5. The van der Waals surface area contributed by atoms with E-state index >= 15 is 0 Å². The zero-order chi connectivity index (χ0) is 17.4. The van der Waals surface area contributed by atoms with Gasteiger partial charge in [-0.3, -0.25) is 4.68 Å². The number of aromatic nitrogens is 2. The molecule has 0 bridgehead atoms. The van der Waals surface area contributed by atoms with E-state index in [9.17, 15) is 8.42 Å². The molecule has 0 aliphatic carbocycles. The third kappa shape index (κ3) is 3.17. The number of aryl methyl sites for hydroxylation is 1. The fourth-order valence-corrected chi connectivity index (χ4v) is 4.66. The van der Waals surface area contributed by atoms with Crippen molar-refractivity contribution >= 4 is 10.0 Å². The molecule has 1 aromatic carbocycles. The Bertz CT molecular complexity index is 878. The minimum Gasteiger partial charge on any atom is -0.493 e. The first-order valence-corrected chi connectivity index (χ1v) is 9.97. The molecule has 4 rings (SSSR count). The molecule has 3 heterocycles. The lowest BCUT2D eigenvalue weighted by molar-refractivity contribution is 0.102. The number of sulfonamides is 1. The summed E-state index contributed by atoms with van der Waals surface area (Å²) in [6, 6.07) is 4.71. The van der Waals surface area contributed by atoms with Gasteiger partial charge >= 0.3 is 0 Å². The van der Waals surface area contributed by atoms with Crippen LogP contribution in [0.5, 0.6) is 5.75 Å². The molecule has 1 N–H and O–H groups in total. The van der Waals surface area contributed by atoms with Crippen molar-refractivity contribution in [1.29, 1.82) is 0 Å². The lowest BCUT2D eigenvalue weighted by Gasteiger charge is -2.19. The van der Waals surface area contributed by atoms with E-state index in [-0.39, 0.29) is 17.0 Å². The third-order valence-corrected chi connectivity index (χ3v) is 6.16. The lowest BCUT2D eigenvalue weighted by Crippen LogP contribution is -2.36. The van der Waals surface area contributed by atoms with E-state index in [4.69, 9.17) is 9.47 Å². The van der Waals surface area contributed by atoms with Crippen LogP contribution >= 0.6 is 0 Å². The van der Waals surface area contributed by atoms with Gasteiger partial charge in [0, 0.05) is 31.3 Å². The van der Waals surface area contributed by atoms with Gasteiger partial charge in [0.2, 0.25) is 10.0 Å². The average molecular weight is 363 g/mol. The van der Waals surface area contributed by atoms with Crippen molar-refractivity contribution in [3.05, 3.63) is 41.7 Å². The Balaban J connectivity index is 1.55. The molecule has 2 aliphatic rings. The van der Waals surface area contributed by atoms with Gasteiger partial charge in [0.15, 0.2) is 0 Å². The second-order valence-electron chi connectivity index (χ2n) is 6.31. The maximum atomic E-state index is 12.8. The van der Waals surface area contributed by atoms with E-state index in [2.05, 4.69) is 9.82 Å². The van der Waals surface area contributed by atoms with Gasteiger partial charge < -0.3 is 9.47 Å². The standard InChI is InChI=1S/C17H21N3O4S/c1-2-20-11-13(10-18-20)17-15(6-8-24-17)19-25(21,22)14-3-4-16-12(9-14)5-7-23-16/h3-4,9-11,15,17,19H,2,5-8H2,1H3/t15-,17+/m0/s1. The van der Waals surface area contributed by atoms with Gasteiger partial charge in [0.05, 0.1) is 23.7 Å². The van der Waals surface area contributed by atoms with Crippen LogP contribution in [0.4, 0.5) is 0 Å². The molecule has 1 aromatic heterocycles. The minimum atomic E-state index is -3.62. The molecular formula is C17H21N3O4S. The number of nitrogens with zero attached hydrogens (tertiary/aromatic N) is 2. The summed E-state index contributed by atoms with van der Waals surface area (Å²) in [4.78, 5) is 0.270. The van der Waals surface area contributed by atoms with E-state index in [1.54, 1.807) is 24.4 Å². The van der Waals surface area contributed by atoms with Crippen LogP contribution in [0.15, 0.2) is 35.5 Å². The summed E-state index contributed by atoms with van der Waals surface area (Å²) in [6.45, 7) is 3.89. The van der Waals surface area contributed by atoms with Gasteiger partial charge in [-0.05, 0) is 37.1 Å². The van der Waals surface area contributed by atoms with Gasteiger partial charge in [-0.2, -0.15) is 5.10 Å². The van der Waals surface area contributed by atoms with Crippen LogP contribution in [0, 0.1) is 0 Å². The molecule has 1 saturated heterocycles. The van der Waals surface area contributed by atoms with Gasteiger partial charge in [-0.25, -0.2) is 13.1 Å². The summed E-state index contributed by atoms with van der Waals surface area (Å²) < 4.78 is 41.4. The Kier molecular flexibility index (Phi) is 4.26. The summed E-state index contributed by atoms with van der Waals surface area (Å²) in [5.41, 5.74) is 1.83. The van der Waals surface area contributed by atoms with Crippen LogP contribution in [0.1, 0.15) is 30.6 Å². The molecule has 0 amide bonds.